The Kier molecular flexibility index (Phi) is 20.3. The lowest BCUT2D eigenvalue weighted by atomic mass is 9.74. The lowest BCUT2D eigenvalue weighted by Crippen LogP contribution is -2.60. The van der Waals surface area contributed by atoms with Crippen molar-refractivity contribution < 1.29 is 71.2 Å². The first-order valence-corrected chi connectivity index (χ1v) is 28.1. The van der Waals surface area contributed by atoms with Crippen LogP contribution in [0.5, 0.6) is 0 Å². The third-order valence-electron chi connectivity index (χ3n) is 17.1. The average molecular weight is 1190 g/mol. The number of amides is 1. The van der Waals surface area contributed by atoms with Gasteiger partial charge in [-0.1, -0.05) is 38.1 Å². The summed E-state index contributed by atoms with van der Waals surface area (Å²) in [6, 6.07) is 6.45. The number of halogens is 2. The molecule has 0 aliphatic carbocycles. The van der Waals surface area contributed by atoms with Gasteiger partial charge in [-0.2, -0.15) is 0 Å². The number of aliphatic hydroxyl groups excluding tert-OH is 1. The molecule has 0 spiro atoms. The summed E-state index contributed by atoms with van der Waals surface area (Å²) in [4.78, 5) is 46.6. The summed E-state index contributed by atoms with van der Waals surface area (Å²) < 4.78 is 78.3. The quantitative estimate of drug-likeness (QED) is 0.110. The highest BCUT2D eigenvalue weighted by Gasteiger charge is 2.58. The summed E-state index contributed by atoms with van der Waals surface area (Å²) in [7, 11) is 6.72. The second-order valence-electron chi connectivity index (χ2n) is 22.5. The molecule has 0 saturated carbocycles. The number of carbonyl (C=O) groups excluding carboxylic acids is 3. The van der Waals surface area contributed by atoms with Crippen molar-refractivity contribution in [1.29, 1.82) is 0 Å². The Morgan fingerprint density at radius 1 is 0.921 bits per heavy atom. The van der Waals surface area contributed by atoms with Crippen molar-refractivity contribution in [3.05, 3.63) is 41.7 Å². The third kappa shape index (κ3) is 13.2. The number of rotatable bonds is 16. The molecule has 20 nitrogen and oxygen atoms in total. The normalized spacial score (nSPS) is 38.9. The fourth-order valence-corrected chi connectivity index (χ4v) is 12.9. The predicted octanol–water partition coefficient (Wildman–Crippen LogP) is 6.15. The Morgan fingerprint density at radius 2 is 1.61 bits per heavy atom. The van der Waals surface area contributed by atoms with Gasteiger partial charge >= 0.3 is 12.1 Å². The van der Waals surface area contributed by atoms with Gasteiger partial charge in [0.2, 0.25) is 0 Å². The number of morpholine rings is 1. The zero-order chi connectivity index (χ0) is 55.4. The summed E-state index contributed by atoms with van der Waals surface area (Å²) in [6.07, 6.45) is -2.95. The molecule has 0 unspecified atom stereocenters. The molecule has 22 heteroatoms. The van der Waals surface area contributed by atoms with Crippen molar-refractivity contribution >= 4 is 46.1 Å². The zero-order valence-corrected chi connectivity index (χ0v) is 48.8. The number of likely N-dealkylation sites (N-methyl/N-ethyl adjacent to an activating group) is 1. The molecule has 1 aromatic carbocycles. The molecule has 76 heavy (non-hydrogen) atoms. The second-order valence-corrected chi connectivity index (χ2v) is 23.6. The Balaban J connectivity index is 1.12. The number of methoxy groups -OCH3 is 3. The number of alkyl halides is 2. The van der Waals surface area contributed by atoms with Crippen LogP contribution >= 0.6 is 22.6 Å². The van der Waals surface area contributed by atoms with Crippen LogP contribution < -0.4 is 10.2 Å². The van der Waals surface area contributed by atoms with Crippen LogP contribution in [0.15, 0.2) is 30.5 Å². The van der Waals surface area contributed by atoms with Crippen molar-refractivity contribution in [2.75, 3.05) is 72.8 Å². The zero-order valence-electron chi connectivity index (χ0n) is 46.6. The van der Waals surface area contributed by atoms with Gasteiger partial charge in [-0.25, -0.2) is 13.9 Å². The molecule has 19 atom stereocenters. The van der Waals surface area contributed by atoms with E-state index < -0.39 is 119 Å². The van der Waals surface area contributed by atoms with Gasteiger partial charge in [-0.3, -0.25) is 9.59 Å². The molecule has 6 heterocycles. The highest BCUT2D eigenvalue weighted by molar-refractivity contribution is 14.1. The summed E-state index contributed by atoms with van der Waals surface area (Å²) in [5, 5.41) is 22.8. The first-order valence-electron chi connectivity index (χ1n) is 26.9. The first-order chi connectivity index (χ1) is 36.0. The number of hydrogen-bond donors (Lipinski definition) is 2. The van der Waals surface area contributed by atoms with Crippen molar-refractivity contribution in [2.45, 2.75) is 183 Å². The summed E-state index contributed by atoms with van der Waals surface area (Å²) in [6.45, 7) is 19.2. The van der Waals surface area contributed by atoms with Crippen LogP contribution in [0.2, 0.25) is 0 Å². The summed E-state index contributed by atoms with van der Waals surface area (Å²) >= 11 is 1.95. The molecule has 428 valence electrons. The van der Waals surface area contributed by atoms with E-state index in [-0.39, 0.29) is 30.8 Å². The predicted molar refractivity (Wildman–Crippen MR) is 285 cm³/mol. The van der Waals surface area contributed by atoms with Crippen LogP contribution in [0.1, 0.15) is 111 Å². The van der Waals surface area contributed by atoms with Crippen LogP contribution in [0.3, 0.4) is 0 Å². The maximum atomic E-state index is 14.9. The highest BCUT2D eigenvalue weighted by atomic mass is 127. The molecule has 1 amide bonds. The largest absolute Gasteiger partial charge is 0.447 e. The lowest BCUT2D eigenvalue weighted by molar-refractivity contribution is -0.309. The van der Waals surface area contributed by atoms with Gasteiger partial charge in [0.15, 0.2) is 22.3 Å². The van der Waals surface area contributed by atoms with Gasteiger partial charge in [-0.15, -0.1) is 5.10 Å². The minimum Gasteiger partial charge on any atom is -0.447 e. The SMILES string of the molecule is CO[C@H](c1ccc(N2CCOCC2)cc1)[C@@H](CF)n1cc(CCN(C)[C@@H]2C[C@H](O[C@@H]3[C@@H](C)[C@H](O[C@H]4C[C@@](C)(OC)[C@@H](O)[C@H](C)O4)[C@@H](C)C(=O)O[C@H](I)[C@@]4(C)OC(=O)N[C@@H]4[C@@H](C)C(=O)[C@H](C)C[C@@]3(C)OC)O[C@H](C)C2)nn1. The minimum atomic E-state index is -1.40. The van der Waals surface area contributed by atoms with E-state index in [0.717, 1.165) is 24.3 Å². The number of benzene rings is 1. The van der Waals surface area contributed by atoms with Gasteiger partial charge in [0, 0.05) is 95.9 Å². The van der Waals surface area contributed by atoms with E-state index in [1.807, 2.05) is 81.6 Å². The molecule has 2 aromatic rings. The number of alkyl carbamates (subject to hydrolysis) is 1. The highest BCUT2D eigenvalue weighted by Crippen LogP contribution is 2.44. The van der Waals surface area contributed by atoms with E-state index in [4.69, 9.17) is 47.4 Å². The smallest absolute Gasteiger partial charge is 0.408 e. The number of aliphatic hydroxyl groups is 1. The molecule has 2 N–H and O–H groups in total. The van der Waals surface area contributed by atoms with Crippen molar-refractivity contribution in [2.24, 2.45) is 23.7 Å². The number of cyclic esters (lactones) is 1. The summed E-state index contributed by atoms with van der Waals surface area (Å²) in [5.74, 6) is -3.79. The number of esters is 1. The number of aromatic nitrogens is 3. The maximum absolute atomic E-state index is 14.9. The van der Waals surface area contributed by atoms with Crippen LogP contribution in [-0.4, -0.2) is 187 Å². The van der Waals surface area contributed by atoms with E-state index in [0.29, 0.717) is 44.7 Å². The number of Topliss-reactive ketones (excluding diaryl/α,β-unsaturated/α-hetero) is 1. The van der Waals surface area contributed by atoms with Gasteiger partial charge in [-0.05, 0) is 102 Å². The lowest BCUT2D eigenvalue weighted by Gasteiger charge is -2.49. The number of ketones is 1. The number of fused-ring (bicyclic) bond motifs is 1. The number of hydrogen-bond acceptors (Lipinski definition) is 18. The van der Waals surface area contributed by atoms with Crippen molar-refractivity contribution in [3.8, 4) is 0 Å². The Hall–Kier alpha value is -3.17. The van der Waals surface area contributed by atoms with E-state index in [1.54, 1.807) is 59.7 Å². The van der Waals surface area contributed by atoms with Gasteiger partial charge < -0.3 is 67.6 Å². The van der Waals surface area contributed by atoms with Crippen molar-refractivity contribution in [1.82, 2.24) is 25.2 Å². The topological polar surface area (TPSA) is 213 Å². The van der Waals surface area contributed by atoms with Crippen molar-refractivity contribution in [3.63, 3.8) is 0 Å². The van der Waals surface area contributed by atoms with E-state index >= 15 is 0 Å². The molecule has 5 fully saturated rings. The Bertz CT molecular complexity index is 2250. The van der Waals surface area contributed by atoms with Crippen LogP contribution in [0.25, 0.3) is 0 Å². The molecule has 0 radical (unpaired) electrons. The molecule has 7 rings (SSSR count). The second kappa shape index (κ2) is 25.5. The van der Waals surface area contributed by atoms with Gasteiger partial charge in [0.05, 0.1) is 66.5 Å². The fourth-order valence-electron chi connectivity index (χ4n) is 12.2. The summed E-state index contributed by atoms with van der Waals surface area (Å²) in [5.41, 5.74) is -1.02. The average Bonchev–Trinajstić information content (AvgIpc) is 4.01. The van der Waals surface area contributed by atoms with Crippen LogP contribution in [0.4, 0.5) is 14.9 Å². The monoisotopic (exact) mass is 1190 g/mol. The maximum Gasteiger partial charge on any atom is 0.408 e. The molecular formula is C54H84FIN6O14. The molecule has 5 saturated heterocycles. The number of nitrogens with zero attached hydrogens (tertiary/aromatic N) is 5. The van der Waals surface area contributed by atoms with Gasteiger partial charge in [0.1, 0.15) is 30.7 Å². The van der Waals surface area contributed by atoms with E-state index in [9.17, 15) is 23.9 Å². The molecule has 5 aliphatic heterocycles. The van der Waals surface area contributed by atoms with Crippen LogP contribution in [0, 0.1) is 23.7 Å². The Labute approximate surface area is 461 Å². The van der Waals surface area contributed by atoms with E-state index in [2.05, 4.69) is 25.4 Å². The first kappa shape index (κ1) is 60.5. The molecule has 1 aromatic heterocycles. The van der Waals surface area contributed by atoms with Gasteiger partial charge in [0.25, 0.3) is 0 Å². The Morgan fingerprint density at radius 3 is 2.25 bits per heavy atom. The standard InChI is InChI=1S/C54H84FIN6O14/c1-30-26-53(8,69-13)48(33(4)44(73-42-27-52(7,68-12)47(64)35(6)72-42)34(5)49(65)75-50(56)54(9)46(32(3)43(30)63)57-51(66)76-54)74-41-25-39(24-31(2)71-41)60(10)19-18-37-29-62(59-58-37)40(28-55)45(67-11)36-14-16-38(17-15-36)61-20-22-70-23-21-61/h14-17,29-35,39-42,44-48,50,64H,18-28H2,1-13H3,(H,57,66)/t30-,31-,32+,33+,34-,35+,39+,40-,41+,42+,44+,45-,46-,47+,48-,50+,52-,53-,54+/m1/s1. The third-order valence-corrected chi connectivity index (χ3v) is 18.6. The van der Waals surface area contributed by atoms with Crippen LogP contribution in [-0.2, 0) is 63.4 Å². The molecule has 0 bridgehead atoms. The molecular weight excluding hydrogens is 1100 g/mol. The minimum absolute atomic E-state index is 0.0142. The number of anilines is 1. The fraction of sp³-hybridized carbons (Fsp3) is 0.796. The number of nitrogens with one attached hydrogen (secondary N) is 1. The number of ether oxygens (including phenoxy) is 10. The number of carbonyl (C=O) groups is 3. The molecule has 5 aliphatic rings. The van der Waals surface area contributed by atoms with E-state index in [1.165, 1.54) is 7.11 Å².